The van der Waals surface area contributed by atoms with Gasteiger partial charge in [-0.3, -0.25) is 9.59 Å². The highest BCUT2D eigenvalue weighted by molar-refractivity contribution is 5.99. The van der Waals surface area contributed by atoms with Crippen LogP contribution in [-0.2, 0) is 4.79 Å². The van der Waals surface area contributed by atoms with Crippen molar-refractivity contribution < 1.29 is 14.7 Å². The number of ketones is 1. The highest BCUT2D eigenvalue weighted by Gasteiger charge is 2.11. The van der Waals surface area contributed by atoms with Crippen molar-refractivity contribution in [3.63, 3.8) is 0 Å². The van der Waals surface area contributed by atoms with Crippen molar-refractivity contribution >= 4 is 17.4 Å². The molecule has 1 rings (SSSR count). The highest BCUT2D eigenvalue weighted by atomic mass is 16.3. The lowest BCUT2D eigenvalue weighted by molar-refractivity contribution is -0.114. The highest BCUT2D eigenvalue weighted by Crippen LogP contribution is 2.11. The summed E-state index contributed by atoms with van der Waals surface area (Å²) in [4.78, 5) is 22.1. The molecule has 0 spiro atoms. The van der Waals surface area contributed by atoms with Crippen LogP contribution in [0.2, 0.25) is 0 Å². The van der Waals surface area contributed by atoms with Crippen molar-refractivity contribution in [3.8, 4) is 0 Å². The second-order valence-electron chi connectivity index (χ2n) is 3.30. The summed E-state index contributed by atoms with van der Waals surface area (Å²) in [5.74, 6) is -0.492. The molecule has 0 saturated heterocycles. The van der Waals surface area contributed by atoms with Gasteiger partial charge in [-0.15, -0.1) is 0 Å². The van der Waals surface area contributed by atoms with E-state index in [2.05, 4.69) is 5.32 Å². The van der Waals surface area contributed by atoms with Crippen molar-refractivity contribution in [1.29, 1.82) is 0 Å². The van der Waals surface area contributed by atoms with Crippen molar-refractivity contribution in [2.75, 3.05) is 5.32 Å². The Balaban J connectivity index is 2.81. The van der Waals surface area contributed by atoms with Crippen LogP contribution in [0.1, 0.15) is 24.2 Å². The Morgan fingerprint density at radius 1 is 1.27 bits per heavy atom. The minimum atomic E-state index is -1.00. The first-order chi connectivity index (χ1) is 7.00. The zero-order valence-corrected chi connectivity index (χ0v) is 8.65. The molecule has 15 heavy (non-hydrogen) atoms. The maximum atomic E-state index is 11.3. The lowest BCUT2D eigenvalue weighted by Gasteiger charge is -2.05. The molecule has 0 saturated carbocycles. The summed E-state index contributed by atoms with van der Waals surface area (Å²) in [5, 5.41) is 11.7. The first-order valence-electron chi connectivity index (χ1n) is 4.60. The van der Waals surface area contributed by atoms with E-state index in [-0.39, 0.29) is 11.7 Å². The molecule has 0 radical (unpaired) electrons. The minimum Gasteiger partial charge on any atom is -0.385 e. The maximum absolute atomic E-state index is 11.3. The third-order valence-electron chi connectivity index (χ3n) is 1.87. The van der Waals surface area contributed by atoms with Crippen LogP contribution < -0.4 is 5.32 Å². The fraction of sp³-hybridized carbons (Fsp3) is 0.273. The van der Waals surface area contributed by atoms with E-state index in [9.17, 15) is 9.59 Å². The number of amides is 1. The summed E-state index contributed by atoms with van der Waals surface area (Å²) in [5.41, 5.74) is 1.06. The van der Waals surface area contributed by atoms with E-state index in [1.165, 1.54) is 13.8 Å². The van der Waals surface area contributed by atoms with Crippen LogP contribution in [0.25, 0.3) is 0 Å². The number of anilines is 1. The summed E-state index contributed by atoms with van der Waals surface area (Å²) in [7, 11) is 0. The van der Waals surface area contributed by atoms with E-state index >= 15 is 0 Å². The van der Waals surface area contributed by atoms with E-state index in [0.717, 1.165) is 0 Å². The van der Waals surface area contributed by atoms with Gasteiger partial charge in [-0.25, -0.2) is 0 Å². The lowest BCUT2D eigenvalue weighted by atomic mass is 10.1. The molecule has 1 unspecified atom stereocenters. The number of aliphatic hydroxyl groups is 1. The molecular weight excluding hydrogens is 194 g/mol. The van der Waals surface area contributed by atoms with E-state index in [1.807, 2.05) is 0 Å². The number of nitrogens with one attached hydrogen (secondary N) is 1. The molecule has 0 aliphatic carbocycles. The van der Waals surface area contributed by atoms with E-state index in [1.54, 1.807) is 24.3 Å². The first kappa shape index (κ1) is 11.4. The van der Waals surface area contributed by atoms with Crippen LogP contribution in [0, 0.1) is 0 Å². The zero-order valence-electron chi connectivity index (χ0n) is 8.65. The SMILES string of the molecule is CC(=O)Nc1ccc(C(=O)C(C)O)cc1. The van der Waals surface area contributed by atoms with Gasteiger partial charge in [-0.2, -0.15) is 0 Å². The van der Waals surface area contributed by atoms with Crippen LogP contribution in [0.4, 0.5) is 5.69 Å². The summed E-state index contributed by atoms with van der Waals surface area (Å²) in [6.07, 6.45) is -1.00. The first-order valence-corrected chi connectivity index (χ1v) is 4.60. The molecule has 4 heteroatoms. The largest absolute Gasteiger partial charge is 0.385 e. The third kappa shape index (κ3) is 3.18. The molecular formula is C11H13NO3. The van der Waals surface area contributed by atoms with Crippen LogP contribution in [0.15, 0.2) is 24.3 Å². The molecule has 0 aromatic heterocycles. The van der Waals surface area contributed by atoms with E-state index < -0.39 is 6.10 Å². The van der Waals surface area contributed by atoms with Gasteiger partial charge < -0.3 is 10.4 Å². The zero-order chi connectivity index (χ0) is 11.4. The monoisotopic (exact) mass is 207 g/mol. The van der Waals surface area contributed by atoms with Gasteiger partial charge in [0.2, 0.25) is 5.91 Å². The minimum absolute atomic E-state index is 0.162. The maximum Gasteiger partial charge on any atom is 0.221 e. The molecule has 0 aliphatic rings. The number of aliphatic hydroxyl groups excluding tert-OH is 1. The molecule has 0 fully saturated rings. The molecule has 80 valence electrons. The van der Waals surface area contributed by atoms with Gasteiger partial charge in [0.15, 0.2) is 5.78 Å². The van der Waals surface area contributed by atoms with Crippen molar-refractivity contribution in [3.05, 3.63) is 29.8 Å². The molecule has 0 heterocycles. The average Bonchev–Trinajstić information content (AvgIpc) is 2.17. The van der Waals surface area contributed by atoms with Crippen molar-refractivity contribution in [2.24, 2.45) is 0 Å². The second kappa shape index (κ2) is 4.70. The number of rotatable bonds is 3. The fourth-order valence-electron chi connectivity index (χ4n) is 1.16. The predicted octanol–water partition coefficient (Wildman–Crippen LogP) is 1.21. The Bertz CT molecular complexity index is 368. The number of hydrogen-bond acceptors (Lipinski definition) is 3. The van der Waals surface area contributed by atoms with Crippen molar-refractivity contribution in [1.82, 2.24) is 0 Å². The quantitative estimate of drug-likeness (QED) is 0.732. The Morgan fingerprint density at radius 2 is 1.80 bits per heavy atom. The topological polar surface area (TPSA) is 66.4 Å². The van der Waals surface area contributed by atoms with Gasteiger partial charge in [0.1, 0.15) is 6.10 Å². The molecule has 1 atom stereocenters. The normalized spacial score (nSPS) is 11.9. The van der Waals surface area contributed by atoms with Gasteiger partial charge >= 0.3 is 0 Å². The molecule has 2 N–H and O–H groups in total. The van der Waals surface area contributed by atoms with Gasteiger partial charge in [-0.1, -0.05) is 0 Å². The molecule has 0 aliphatic heterocycles. The standard InChI is InChI=1S/C11H13NO3/c1-7(13)11(15)9-3-5-10(6-4-9)12-8(2)14/h3-7,13H,1-2H3,(H,12,14). The number of carbonyl (C=O) groups is 2. The molecule has 0 bridgehead atoms. The van der Waals surface area contributed by atoms with Gasteiger partial charge in [-0.05, 0) is 31.2 Å². The number of benzene rings is 1. The van der Waals surface area contributed by atoms with Crippen LogP contribution in [0.5, 0.6) is 0 Å². The van der Waals surface area contributed by atoms with Crippen molar-refractivity contribution in [2.45, 2.75) is 20.0 Å². The number of carbonyl (C=O) groups excluding carboxylic acids is 2. The average molecular weight is 207 g/mol. The van der Waals surface area contributed by atoms with Crippen LogP contribution in [0.3, 0.4) is 0 Å². The van der Waals surface area contributed by atoms with Gasteiger partial charge in [0.05, 0.1) is 0 Å². The number of hydrogen-bond donors (Lipinski definition) is 2. The smallest absolute Gasteiger partial charge is 0.221 e. The predicted molar refractivity (Wildman–Crippen MR) is 56.8 cm³/mol. The van der Waals surface area contributed by atoms with Crippen LogP contribution in [-0.4, -0.2) is 22.9 Å². The fourth-order valence-corrected chi connectivity index (χ4v) is 1.16. The lowest BCUT2D eigenvalue weighted by Crippen LogP contribution is -2.16. The molecule has 4 nitrogen and oxygen atoms in total. The second-order valence-corrected chi connectivity index (χ2v) is 3.30. The van der Waals surface area contributed by atoms with E-state index in [0.29, 0.717) is 11.3 Å². The van der Waals surface area contributed by atoms with Crippen LogP contribution >= 0.6 is 0 Å². The summed E-state index contributed by atoms with van der Waals surface area (Å²) >= 11 is 0. The third-order valence-corrected chi connectivity index (χ3v) is 1.87. The molecule has 1 aromatic carbocycles. The van der Waals surface area contributed by atoms with Gasteiger partial charge in [0.25, 0.3) is 0 Å². The Morgan fingerprint density at radius 3 is 2.20 bits per heavy atom. The molecule has 1 aromatic rings. The summed E-state index contributed by atoms with van der Waals surface area (Å²) < 4.78 is 0. The summed E-state index contributed by atoms with van der Waals surface area (Å²) in [6.45, 7) is 2.83. The Labute approximate surface area is 87.9 Å². The Kier molecular flexibility index (Phi) is 3.57. The van der Waals surface area contributed by atoms with Gasteiger partial charge in [0, 0.05) is 18.2 Å². The Hall–Kier alpha value is -1.68. The summed E-state index contributed by atoms with van der Waals surface area (Å²) in [6, 6.07) is 6.38. The number of Topliss-reactive ketones (excluding diaryl/α,β-unsaturated/α-hetero) is 1. The molecule has 1 amide bonds. The van der Waals surface area contributed by atoms with E-state index in [4.69, 9.17) is 5.11 Å².